The Morgan fingerprint density at radius 3 is 2.20 bits per heavy atom. The predicted octanol–water partition coefficient (Wildman–Crippen LogP) is 2.96. The number of para-hydroxylation sites is 1. The van der Waals surface area contributed by atoms with Crippen molar-refractivity contribution >= 4 is 27.3 Å². The van der Waals surface area contributed by atoms with E-state index in [0.29, 0.717) is 18.8 Å². The number of carbonyl (C=O) groups excluding carboxylic acids is 2. The molecule has 0 aliphatic rings. The lowest BCUT2D eigenvalue weighted by atomic mass is 10.1. The van der Waals surface area contributed by atoms with Crippen molar-refractivity contribution in [3.63, 3.8) is 0 Å². The molecule has 7 nitrogen and oxygen atoms in total. The van der Waals surface area contributed by atoms with Gasteiger partial charge in [-0.15, -0.1) is 0 Å². The maximum Gasteiger partial charge on any atom is 0.243 e. The molecule has 0 heterocycles. The molecule has 0 saturated carbocycles. The second kappa shape index (κ2) is 10.2. The molecule has 30 heavy (non-hydrogen) atoms. The summed E-state index contributed by atoms with van der Waals surface area (Å²) in [7, 11) is -1.64. The van der Waals surface area contributed by atoms with Gasteiger partial charge in [-0.1, -0.05) is 18.2 Å². The summed E-state index contributed by atoms with van der Waals surface area (Å²) < 4.78 is 28.4. The molecule has 0 saturated heterocycles. The molecule has 0 unspecified atom stereocenters. The molecule has 2 amide bonds. The van der Waals surface area contributed by atoms with Gasteiger partial charge in [-0.3, -0.25) is 9.59 Å². The summed E-state index contributed by atoms with van der Waals surface area (Å²) in [6.07, 6.45) is 1.87. The van der Waals surface area contributed by atoms with E-state index in [-0.39, 0.29) is 29.7 Å². The summed E-state index contributed by atoms with van der Waals surface area (Å²) in [6.45, 7) is 4.13. The summed E-state index contributed by atoms with van der Waals surface area (Å²) in [5.41, 5.74) is 2.72. The van der Waals surface area contributed by atoms with Crippen molar-refractivity contribution in [1.82, 2.24) is 4.90 Å². The van der Waals surface area contributed by atoms with E-state index < -0.39 is 9.84 Å². The Kier molecular flexibility index (Phi) is 8.00. The number of nitrogens with one attached hydrogen (secondary N) is 1. The SMILES string of the molecule is Cc1cccc(C)c1NC(=O)CN(C)C(=O)CCCOc1ccc(S(C)(=O)=O)cc1. The lowest BCUT2D eigenvalue weighted by Gasteiger charge is -2.18. The Balaban J connectivity index is 1.74. The Morgan fingerprint density at radius 1 is 1.03 bits per heavy atom. The lowest BCUT2D eigenvalue weighted by molar-refractivity contribution is -0.133. The smallest absolute Gasteiger partial charge is 0.243 e. The Bertz CT molecular complexity index is 980. The van der Waals surface area contributed by atoms with Crippen LogP contribution in [0.25, 0.3) is 0 Å². The molecule has 2 aromatic rings. The molecule has 8 heteroatoms. The second-order valence-corrected chi connectivity index (χ2v) is 9.28. The van der Waals surface area contributed by atoms with E-state index in [1.54, 1.807) is 19.2 Å². The summed E-state index contributed by atoms with van der Waals surface area (Å²) >= 11 is 0. The molecule has 0 atom stereocenters. The van der Waals surface area contributed by atoms with E-state index in [4.69, 9.17) is 4.74 Å². The van der Waals surface area contributed by atoms with Crippen LogP contribution in [0.1, 0.15) is 24.0 Å². The number of likely N-dealkylation sites (N-methyl/N-ethyl adjacent to an activating group) is 1. The summed E-state index contributed by atoms with van der Waals surface area (Å²) in [4.78, 5) is 26.1. The van der Waals surface area contributed by atoms with E-state index in [1.807, 2.05) is 32.0 Å². The van der Waals surface area contributed by atoms with E-state index in [2.05, 4.69) is 5.32 Å². The minimum atomic E-state index is -3.24. The maximum atomic E-state index is 12.3. The predicted molar refractivity (Wildman–Crippen MR) is 116 cm³/mol. The fraction of sp³-hybridized carbons (Fsp3) is 0.364. The van der Waals surface area contributed by atoms with Gasteiger partial charge >= 0.3 is 0 Å². The van der Waals surface area contributed by atoms with Crippen LogP contribution in [0, 0.1) is 13.8 Å². The average molecular weight is 433 g/mol. The van der Waals surface area contributed by atoms with Crippen LogP contribution in [-0.4, -0.2) is 51.6 Å². The van der Waals surface area contributed by atoms with Crippen molar-refractivity contribution in [1.29, 1.82) is 0 Å². The third-order valence-electron chi connectivity index (χ3n) is 4.61. The van der Waals surface area contributed by atoms with Gasteiger partial charge in [0, 0.05) is 25.4 Å². The molecule has 162 valence electrons. The number of nitrogens with zero attached hydrogens (tertiary/aromatic N) is 1. The van der Waals surface area contributed by atoms with Crippen molar-refractivity contribution in [3.8, 4) is 5.75 Å². The third kappa shape index (κ3) is 6.88. The van der Waals surface area contributed by atoms with Crippen molar-refractivity contribution in [3.05, 3.63) is 53.6 Å². The fourth-order valence-corrected chi connectivity index (χ4v) is 3.51. The number of aryl methyl sites for hydroxylation is 2. The highest BCUT2D eigenvalue weighted by Crippen LogP contribution is 2.19. The first-order valence-electron chi connectivity index (χ1n) is 9.61. The van der Waals surface area contributed by atoms with Crippen LogP contribution in [0.3, 0.4) is 0 Å². The summed E-state index contributed by atoms with van der Waals surface area (Å²) in [6, 6.07) is 11.9. The maximum absolute atomic E-state index is 12.3. The third-order valence-corrected chi connectivity index (χ3v) is 5.74. The molecular weight excluding hydrogens is 404 g/mol. The standard InChI is InChI=1S/C22H28N2O5S/c1-16-7-5-8-17(2)22(16)23-20(25)15-24(3)21(26)9-6-14-29-18-10-12-19(13-11-18)30(4,27)28/h5,7-8,10-13H,6,9,14-15H2,1-4H3,(H,23,25). The molecular formula is C22H28N2O5S. The second-order valence-electron chi connectivity index (χ2n) is 7.26. The van der Waals surface area contributed by atoms with Gasteiger partial charge in [-0.25, -0.2) is 8.42 Å². The van der Waals surface area contributed by atoms with Crippen LogP contribution in [0.5, 0.6) is 5.75 Å². The highest BCUT2D eigenvalue weighted by molar-refractivity contribution is 7.90. The van der Waals surface area contributed by atoms with Gasteiger partial charge in [0.15, 0.2) is 9.84 Å². The molecule has 1 N–H and O–H groups in total. The van der Waals surface area contributed by atoms with Gasteiger partial charge in [0.05, 0.1) is 18.0 Å². The molecule has 0 aliphatic carbocycles. The largest absolute Gasteiger partial charge is 0.494 e. The highest BCUT2D eigenvalue weighted by Gasteiger charge is 2.14. The number of benzene rings is 2. The van der Waals surface area contributed by atoms with Crippen LogP contribution >= 0.6 is 0 Å². The van der Waals surface area contributed by atoms with E-state index in [1.165, 1.54) is 17.0 Å². The Morgan fingerprint density at radius 2 is 1.63 bits per heavy atom. The van der Waals surface area contributed by atoms with Gasteiger partial charge < -0.3 is 15.0 Å². The van der Waals surface area contributed by atoms with Crippen LogP contribution < -0.4 is 10.1 Å². The van der Waals surface area contributed by atoms with E-state index in [9.17, 15) is 18.0 Å². The first kappa shape index (κ1) is 23.4. The zero-order valence-corrected chi connectivity index (χ0v) is 18.6. The first-order chi connectivity index (χ1) is 14.1. The summed E-state index contributed by atoms with van der Waals surface area (Å²) in [5.74, 6) is 0.143. The van der Waals surface area contributed by atoms with Crippen LogP contribution in [-0.2, 0) is 19.4 Å². The Labute approximate surface area is 178 Å². The van der Waals surface area contributed by atoms with Crippen LogP contribution in [0.4, 0.5) is 5.69 Å². The minimum absolute atomic E-state index is 0.0274. The van der Waals surface area contributed by atoms with Crippen molar-refractivity contribution in [2.24, 2.45) is 0 Å². The van der Waals surface area contributed by atoms with Crippen molar-refractivity contribution < 1.29 is 22.7 Å². The van der Waals surface area contributed by atoms with E-state index >= 15 is 0 Å². The van der Waals surface area contributed by atoms with E-state index in [0.717, 1.165) is 23.1 Å². The van der Waals surface area contributed by atoms with Gasteiger partial charge in [0.25, 0.3) is 0 Å². The average Bonchev–Trinajstić information content (AvgIpc) is 2.67. The topological polar surface area (TPSA) is 92.8 Å². The molecule has 0 bridgehead atoms. The number of amides is 2. The normalized spacial score (nSPS) is 11.1. The molecule has 0 fully saturated rings. The molecule has 2 rings (SSSR count). The minimum Gasteiger partial charge on any atom is -0.494 e. The number of hydrogen-bond acceptors (Lipinski definition) is 5. The zero-order chi connectivity index (χ0) is 22.3. The summed E-state index contributed by atoms with van der Waals surface area (Å²) in [5, 5.41) is 2.87. The van der Waals surface area contributed by atoms with Crippen molar-refractivity contribution in [2.75, 3.05) is 31.8 Å². The number of rotatable bonds is 9. The first-order valence-corrected chi connectivity index (χ1v) is 11.5. The van der Waals surface area contributed by atoms with Crippen LogP contribution in [0.15, 0.2) is 47.4 Å². The molecule has 0 aliphatic heterocycles. The van der Waals surface area contributed by atoms with Gasteiger partial charge in [0.1, 0.15) is 5.75 Å². The zero-order valence-electron chi connectivity index (χ0n) is 17.8. The van der Waals surface area contributed by atoms with Gasteiger partial charge in [-0.2, -0.15) is 0 Å². The van der Waals surface area contributed by atoms with Crippen LogP contribution in [0.2, 0.25) is 0 Å². The number of hydrogen-bond donors (Lipinski definition) is 1. The van der Waals surface area contributed by atoms with Gasteiger partial charge in [-0.05, 0) is 55.7 Å². The number of carbonyl (C=O) groups is 2. The lowest BCUT2D eigenvalue weighted by Crippen LogP contribution is -2.35. The number of anilines is 1. The Hall–Kier alpha value is -2.87. The highest BCUT2D eigenvalue weighted by atomic mass is 32.2. The molecule has 0 spiro atoms. The monoisotopic (exact) mass is 432 g/mol. The molecule has 0 aromatic heterocycles. The molecule has 2 aromatic carbocycles. The molecule has 0 radical (unpaired) electrons. The van der Waals surface area contributed by atoms with Crippen molar-refractivity contribution in [2.45, 2.75) is 31.6 Å². The fourth-order valence-electron chi connectivity index (χ4n) is 2.88. The number of ether oxygens (including phenoxy) is 1. The quantitative estimate of drug-likeness (QED) is 0.615. The van der Waals surface area contributed by atoms with Gasteiger partial charge in [0.2, 0.25) is 11.8 Å². The number of sulfone groups is 1.